The molecule has 1 aliphatic rings. The quantitative estimate of drug-likeness (QED) is 0.736. The minimum Gasteiger partial charge on any atom is -0.375 e. The molecule has 18 heavy (non-hydrogen) atoms. The van der Waals surface area contributed by atoms with Crippen molar-refractivity contribution in [3.8, 4) is 0 Å². The Labute approximate surface area is 120 Å². The molecule has 0 bridgehead atoms. The summed E-state index contributed by atoms with van der Waals surface area (Å²) in [6, 6.07) is 10.5. The molecule has 3 rings (SSSR count). The number of halogens is 1. The maximum absolute atomic E-state index is 5.57. The normalized spacial score (nSPS) is 20.3. The molecule has 1 unspecified atom stereocenters. The third-order valence-electron chi connectivity index (χ3n) is 3.23. The van der Waals surface area contributed by atoms with Crippen molar-refractivity contribution in [2.45, 2.75) is 13.0 Å². The van der Waals surface area contributed by atoms with Gasteiger partial charge in [0, 0.05) is 22.0 Å². The van der Waals surface area contributed by atoms with E-state index >= 15 is 0 Å². The van der Waals surface area contributed by atoms with E-state index in [9.17, 15) is 0 Å². The summed E-state index contributed by atoms with van der Waals surface area (Å²) in [6.07, 6.45) is 0.284. The smallest absolute Gasteiger partial charge is 0.129 e. The average Bonchev–Trinajstić information content (AvgIpc) is 2.39. The Balaban J connectivity index is 1.98. The number of pyridine rings is 1. The number of anilines is 1. The molecule has 1 atom stereocenters. The summed E-state index contributed by atoms with van der Waals surface area (Å²) in [4.78, 5) is 7.06. The first-order valence-electron chi connectivity index (χ1n) is 6.16. The lowest BCUT2D eigenvalue weighted by molar-refractivity contribution is 0.0529. The molecule has 3 nitrogen and oxygen atoms in total. The Bertz CT molecular complexity index is 573. The van der Waals surface area contributed by atoms with Crippen LogP contribution in [0, 0.1) is 3.57 Å². The SMILES string of the molecule is CC1CN(c2ccc3c(I)cccc3n2)CCO1. The Kier molecular flexibility index (Phi) is 3.39. The third kappa shape index (κ3) is 2.31. The molecule has 0 N–H and O–H groups in total. The van der Waals surface area contributed by atoms with Crippen LogP contribution in [0.2, 0.25) is 0 Å². The van der Waals surface area contributed by atoms with E-state index in [0.717, 1.165) is 31.0 Å². The van der Waals surface area contributed by atoms with Crippen LogP contribution in [0.4, 0.5) is 5.82 Å². The molecule has 1 saturated heterocycles. The van der Waals surface area contributed by atoms with Crippen LogP contribution in [0.15, 0.2) is 30.3 Å². The van der Waals surface area contributed by atoms with E-state index in [2.05, 4.69) is 64.7 Å². The number of ether oxygens (including phenoxy) is 1. The van der Waals surface area contributed by atoms with Gasteiger partial charge in [-0.15, -0.1) is 0 Å². The van der Waals surface area contributed by atoms with Crippen molar-refractivity contribution in [3.05, 3.63) is 33.9 Å². The molecule has 2 heterocycles. The molecule has 0 radical (unpaired) electrons. The van der Waals surface area contributed by atoms with Crippen molar-refractivity contribution in [3.63, 3.8) is 0 Å². The zero-order valence-corrected chi connectivity index (χ0v) is 12.4. The summed E-state index contributed by atoms with van der Waals surface area (Å²) >= 11 is 2.35. The first kappa shape index (κ1) is 12.2. The number of morpholine rings is 1. The summed E-state index contributed by atoms with van der Waals surface area (Å²) in [5.41, 5.74) is 1.07. The molecule has 0 aliphatic carbocycles. The lowest BCUT2D eigenvalue weighted by Crippen LogP contribution is -2.41. The fourth-order valence-corrected chi connectivity index (χ4v) is 2.97. The summed E-state index contributed by atoms with van der Waals surface area (Å²) in [5, 5.41) is 1.23. The van der Waals surface area contributed by atoms with Crippen LogP contribution in [-0.2, 0) is 4.74 Å². The van der Waals surface area contributed by atoms with Crippen molar-refractivity contribution in [2.75, 3.05) is 24.6 Å². The van der Waals surface area contributed by atoms with Crippen LogP contribution < -0.4 is 4.90 Å². The maximum atomic E-state index is 5.57. The van der Waals surface area contributed by atoms with Gasteiger partial charge < -0.3 is 9.64 Å². The number of aromatic nitrogens is 1. The van der Waals surface area contributed by atoms with E-state index in [1.807, 2.05) is 0 Å². The average molecular weight is 354 g/mol. The van der Waals surface area contributed by atoms with Crippen LogP contribution in [0.1, 0.15) is 6.92 Å². The predicted octanol–water partition coefficient (Wildman–Crippen LogP) is 3.06. The molecule has 0 saturated carbocycles. The number of nitrogens with zero attached hydrogens (tertiary/aromatic N) is 2. The second kappa shape index (κ2) is 5.01. The standard InChI is InChI=1S/C14H15IN2O/c1-10-9-17(7-8-18-10)14-6-5-11-12(15)3-2-4-13(11)16-14/h2-6,10H,7-9H2,1H3. The lowest BCUT2D eigenvalue weighted by Gasteiger charge is -2.32. The van der Waals surface area contributed by atoms with E-state index in [-0.39, 0.29) is 6.10 Å². The van der Waals surface area contributed by atoms with Gasteiger partial charge in [0.2, 0.25) is 0 Å². The molecule has 1 aromatic heterocycles. The summed E-state index contributed by atoms with van der Waals surface area (Å²) < 4.78 is 6.82. The first-order chi connectivity index (χ1) is 8.74. The van der Waals surface area contributed by atoms with Gasteiger partial charge in [-0.1, -0.05) is 6.07 Å². The van der Waals surface area contributed by atoms with Crippen molar-refractivity contribution in [1.29, 1.82) is 0 Å². The largest absolute Gasteiger partial charge is 0.375 e. The molecule has 1 aromatic carbocycles. The number of fused-ring (bicyclic) bond motifs is 1. The third-order valence-corrected chi connectivity index (χ3v) is 4.17. The van der Waals surface area contributed by atoms with Crippen LogP contribution in [-0.4, -0.2) is 30.8 Å². The van der Waals surface area contributed by atoms with Crippen molar-refractivity contribution >= 4 is 39.3 Å². The van der Waals surface area contributed by atoms with Crippen LogP contribution in [0.25, 0.3) is 10.9 Å². The molecular formula is C14H15IN2O. The fraction of sp³-hybridized carbons (Fsp3) is 0.357. The second-order valence-electron chi connectivity index (χ2n) is 4.60. The van der Waals surface area contributed by atoms with Gasteiger partial charge in [-0.2, -0.15) is 0 Å². The Morgan fingerprint density at radius 2 is 2.22 bits per heavy atom. The molecule has 0 spiro atoms. The van der Waals surface area contributed by atoms with E-state index in [4.69, 9.17) is 9.72 Å². The van der Waals surface area contributed by atoms with Crippen LogP contribution >= 0.6 is 22.6 Å². The monoisotopic (exact) mass is 354 g/mol. The number of hydrogen-bond donors (Lipinski definition) is 0. The molecule has 0 amide bonds. The number of benzene rings is 1. The van der Waals surface area contributed by atoms with E-state index in [1.54, 1.807) is 0 Å². The van der Waals surface area contributed by atoms with Gasteiger partial charge in [-0.3, -0.25) is 0 Å². The highest BCUT2D eigenvalue weighted by Crippen LogP contribution is 2.23. The molecule has 1 fully saturated rings. The van der Waals surface area contributed by atoms with Crippen molar-refractivity contribution in [2.24, 2.45) is 0 Å². The second-order valence-corrected chi connectivity index (χ2v) is 5.77. The molecule has 4 heteroatoms. The maximum Gasteiger partial charge on any atom is 0.129 e. The Morgan fingerprint density at radius 3 is 3.06 bits per heavy atom. The zero-order valence-electron chi connectivity index (χ0n) is 10.3. The molecule has 94 valence electrons. The molecule has 2 aromatic rings. The fourth-order valence-electron chi connectivity index (χ4n) is 2.31. The van der Waals surface area contributed by atoms with Gasteiger partial charge in [0.25, 0.3) is 0 Å². The topological polar surface area (TPSA) is 25.4 Å². The highest BCUT2D eigenvalue weighted by molar-refractivity contribution is 14.1. The molecular weight excluding hydrogens is 339 g/mol. The number of hydrogen-bond acceptors (Lipinski definition) is 3. The Hall–Kier alpha value is -0.880. The summed E-state index contributed by atoms with van der Waals surface area (Å²) in [7, 11) is 0. The molecule has 1 aliphatic heterocycles. The van der Waals surface area contributed by atoms with Gasteiger partial charge >= 0.3 is 0 Å². The van der Waals surface area contributed by atoms with Gasteiger partial charge in [0.1, 0.15) is 5.82 Å². The zero-order chi connectivity index (χ0) is 12.5. The van der Waals surface area contributed by atoms with Crippen molar-refractivity contribution < 1.29 is 4.74 Å². The minimum atomic E-state index is 0.284. The van der Waals surface area contributed by atoms with E-state index in [1.165, 1.54) is 8.96 Å². The predicted molar refractivity (Wildman–Crippen MR) is 82.1 cm³/mol. The van der Waals surface area contributed by atoms with Crippen LogP contribution in [0.5, 0.6) is 0 Å². The van der Waals surface area contributed by atoms with Crippen LogP contribution in [0.3, 0.4) is 0 Å². The minimum absolute atomic E-state index is 0.284. The van der Waals surface area contributed by atoms with E-state index in [0.29, 0.717) is 0 Å². The summed E-state index contributed by atoms with van der Waals surface area (Å²) in [5.74, 6) is 1.06. The van der Waals surface area contributed by atoms with Crippen molar-refractivity contribution in [1.82, 2.24) is 4.98 Å². The van der Waals surface area contributed by atoms with E-state index < -0.39 is 0 Å². The summed E-state index contributed by atoms with van der Waals surface area (Å²) in [6.45, 7) is 4.73. The highest BCUT2D eigenvalue weighted by Gasteiger charge is 2.18. The number of rotatable bonds is 1. The lowest BCUT2D eigenvalue weighted by atomic mass is 10.2. The first-order valence-corrected chi connectivity index (χ1v) is 7.24. The van der Waals surface area contributed by atoms with Gasteiger partial charge in [-0.25, -0.2) is 4.98 Å². The Morgan fingerprint density at radius 1 is 1.33 bits per heavy atom. The van der Waals surface area contributed by atoms with Gasteiger partial charge in [-0.05, 0) is 53.8 Å². The van der Waals surface area contributed by atoms with Gasteiger partial charge in [0.05, 0.1) is 18.2 Å². The highest BCUT2D eigenvalue weighted by atomic mass is 127. The van der Waals surface area contributed by atoms with Gasteiger partial charge in [0.15, 0.2) is 0 Å².